The molecule has 0 radical (unpaired) electrons. The molecular formula is C30H33N7O4. The number of nitrogens with one attached hydrogen (secondary N) is 1. The Hall–Kier alpha value is -4.51. The molecule has 0 spiro atoms. The zero-order chi connectivity index (χ0) is 28.7. The van der Waals surface area contributed by atoms with Crippen molar-refractivity contribution in [2.24, 2.45) is 0 Å². The number of pyridine rings is 1. The molecule has 0 saturated heterocycles. The van der Waals surface area contributed by atoms with Gasteiger partial charge in [0.25, 0.3) is 0 Å². The smallest absolute Gasteiger partial charge is 0.245 e. The van der Waals surface area contributed by atoms with E-state index in [0.29, 0.717) is 41.4 Å². The molecule has 5 aromatic rings. The van der Waals surface area contributed by atoms with Crippen LogP contribution < -0.4 is 14.8 Å². The maximum absolute atomic E-state index is 10.2. The lowest BCUT2D eigenvalue weighted by Crippen LogP contribution is -2.23. The fourth-order valence-electron chi connectivity index (χ4n) is 5.15. The molecule has 1 aliphatic carbocycles. The maximum atomic E-state index is 10.2. The molecule has 41 heavy (non-hydrogen) atoms. The molecule has 4 heterocycles. The van der Waals surface area contributed by atoms with Crippen molar-refractivity contribution in [1.82, 2.24) is 29.5 Å². The van der Waals surface area contributed by atoms with Gasteiger partial charge in [0.2, 0.25) is 11.8 Å². The highest BCUT2D eigenvalue weighted by Gasteiger charge is 2.36. The summed E-state index contributed by atoms with van der Waals surface area (Å²) in [7, 11) is 3.26. The highest BCUT2D eigenvalue weighted by Crippen LogP contribution is 2.46. The lowest BCUT2D eigenvalue weighted by molar-refractivity contribution is 0.0781. The third-order valence-electron chi connectivity index (χ3n) is 7.71. The molecule has 0 bridgehead atoms. The molecule has 0 atom stereocenters. The van der Waals surface area contributed by atoms with Gasteiger partial charge in [0, 0.05) is 53.0 Å². The van der Waals surface area contributed by atoms with Crippen LogP contribution in [0.5, 0.6) is 11.5 Å². The molecule has 6 rings (SSSR count). The number of aryl methyl sites for hydroxylation is 1. The van der Waals surface area contributed by atoms with Crippen LogP contribution in [0.25, 0.3) is 17.2 Å². The summed E-state index contributed by atoms with van der Waals surface area (Å²) in [6.07, 6.45) is 6.69. The second-order valence-electron chi connectivity index (χ2n) is 10.9. The summed E-state index contributed by atoms with van der Waals surface area (Å²) >= 11 is 0. The van der Waals surface area contributed by atoms with Gasteiger partial charge in [-0.05, 0) is 51.8 Å². The monoisotopic (exact) mass is 555 g/mol. The minimum atomic E-state index is -0.908. The number of ether oxygens (including phenoxy) is 2. The number of oxazole rings is 1. The van der Waals surface area contributed by atoms with Crippen molar-refractivity contribution in [2.45, 2.75) is 57.6 Å². The molecule has 2 N–H and O–H groups in total. The van der Waals surface area contributed by atoms with Gasteiger partial charge < -0.3 is 24.3 Å². The molecule has 1 aromatic carbocycles. The van der Waals surface area contributed by atoms with Gasteiger partial charge in [-0.15, -0.1) is 5.10 Å². The number of methoxy groups -OCH3 is 2. The first-order valence-electron chi connectivity index (χ1n) is 13.6. The van der Waals surface area contributed by atoms with E-state index in [9.17, 15) is 5.11 Å². The summed E-state index contributed by atoms with van der Waals surface area (Å²) in [5, 5.41) is 18.5. The molecule has 11 nitrogen and oxygen atoms in total. The van der Waals surface area contributed by atoms with Crippen LogP contribution in [-0.4, -0.2) is 48.9 Å². The fraction of sp³-hybridized carbons (Fsp3) is 0.367. The Labute approximate surface area is 237 Å². The van der Waals surface area contributed by atoms with E-state index < -0.39 is 5.60 Å². The van der Waals surface area contributed by atoms with Crippen LogP contribution in [0.3, 0.4) is 0 Å². The number of aliphatic hydroxyl groups is 1. The standard InChI is InChI=1S/C30H33N7O4/c1-17-25(28-31-10-11-41-28)34-29(33-15-18-6-8-22(39-4)14-24(18)40-5)37-27(17)35-26(36-37)20-12-19(13-20)23-9-7-21(16-32-23)30(2,3)38/h6-11,14,16,19-20,38H,12-13,15H2,1-5H3,(H,33,34). The van der Waals surface area contributed by atoms with Gasteiger partial charge in [0.05, 0.1) is 26.0 Å². The van der Waals surface area contributed by atoms with Gasteiger partial charge in [-0.25, -0.2) is 15.0 Å². The molecule has 1 saturated carbocycles. The highest BCUT2D eigenvalue weighted by molar-refractivity contribution is 5.66. The number of hydrogen-bond acceptors (Lipinski definition) is 10. The molecule has 1 aliphatic rings. The summed E-state index contributed by atoms with van der Waals surface area (Å²) in [6.45, 7) is 5.92. The Morgan fingerprint density at radius 1 is 1.07 bits per heavy atom. The summed E-state index contributed by atoms with van der Waals surface area (Å²) in [4.78, 5) is 18.8. The van der Waals surface area contributed by atoms with Gasteiger partial charge in [0.15, 0.2) is 11.5 Å². The van der Waals surface area contributed by atoms with Gasteiger partial charge in [-0.3, -0.25) is 4.98 Å². The second-order valence-corrected chi connectivity index (χ2v) is 10.9. The summed E-state index contributed by atoms with van der Waals surface area (Å²) in [6, 6.07) is 9.66. The maximum Gasteiger partial charge on any atom is 0.245 e. The van der Waals surface area contributed by atoms with Crippen LogP contribution in [0, 0.1) is 6.92 Å². The number of rotatable bonds is 9. The van der Waals surface area contributed by atoms with E-state index in [2.05, 4.69) is 15.3 Å². The minimum Gasteiger partial charge on any atom is -0.497 e. The second kappa shape index (κ2) is 10.5. The number of benzene rings is 1. The molecule has 0 unspecified atom stereocenters. The van der Waals surface area contributed by atoms with E-state index in [0.717, 1.165) is 46.8 Å². The Morgan fingerprint density at radius 3 is 2.56 bits per heavy atom. The molecule has 0 amide bonds. The normalized spacial score (nSPS) is 16.9. The lowest BCUT2D eigenvalue weighted by Gasteiger charge is -2.33. The summed E-state index contributed by atoms with van der Waals surface area (Å²) in [5.41, 5.74) is 3.99. The van der Waals surface area contributed by atoms with Crippen molar-refractivity contribution in [1.29, 1.82) is 0 Å². The van der Waals surface area contributed by atoms with Gasteiger partial charge in [-0.2, -0.15) is 4.52 Å². The zero-order valence-electron chi connectivity index (χ0n) is 23.8. The molecule has 1 fully saturated rings. The number of anilines is 1. The van der Waals surface area contributed by atoms with E-state index in [1.54, 1.807) is 45.0 Å². The van der Waals surface area contributed by atoms with Crippen LogP contribution in [0.15, 0.2) is 53.4 Å². The van der Waals surface area contributed by atoms with Crippen molar-refractivity contribution < 1.29 is 19.0 Å². The number of aromatic nitrogens is 6. The van der Waals surface area contributed by atoms with Crippen LogP contribution in [0.4, 0.5) is 5.95 Å². The zero-order valence-corrected chi connectivity index (χ0v) is 23.8. The van der Waals surface area contributed by atoms with E-state index in [1.807, 2.05) is 37.3 Å². The largest absolute Gasteiger partial charge is 0.497 e. The fourth-order valence-corrected chi connectivity index (χ4v) is 5.15. The van der Waals surface area contributed by atoms with Crippen molar-refractivity contribution in [3.05, 3.63) is 77.2 Å². The first kappa shape index (κ1) is 26.7. The van der Waals surface area contributed by atoms with Crippen LogP contribution in [0.2, 0.25) is 0 Å². The van der Waals surface area contributed by atoms with Gasteiger partial charge in [0.1, 0.15) is 23.5 Å². The topological polar surface area (TPSA) is 133 Å². The Kier molecular flexibility index (Phi) is 6.82. The number of nitrogens with zero attached hydrogens (tertiary/aromatic N) is 6. The van der Waals surface area contributed by atoms with E-state index in [4.69, 9.17) is 29.0 Å². The average molecular weight is 556 g/mol. The van der Waals surface area contributed by atoms with Crippen LogP contribution in [-0.2, 0) is 12.1 Å². The van der Waals surface area contributed by atoms with Crippen molar-refractivity contribution in [3.63, 3.8) is 0 Å². The SMILES string of the molecule is COc1ccc(CNc2nc(-c3ncco3)c(C)c3nc(C4CC(c5ccc(C(C)(C)O)cn5)C4)nn23)c(OC)c1. The minimum absolute atomic E-state index is 0.203. The van der Waals surface area contributed by atoms with Gasteiger partial charge >= 0.3 is 0 Å². The van der Waals surface area contributed by atoms with E-state index in [-0.39, 0.29) is 5.92 Å². The molecule has 0 aliphatic heterocycles. The van der Waals surface area contributed by atoms with E-state index >= 15 is 0 Å². The molecule has 212 valence electrons. The summed E-state index contributed by atoms with van der Waals surface area (Å²) in [5.74, 6) is 3.67. The average Bonchev–Trinajstić information content (AvgIpc) is 3.63. The predicted octanol–water partition coefficient (Wildman–Crippen LogP) is 5.00. The number of fused-ring (bicyclic) bond motifs is 1. The quantitative estimate of drug-likeness (QED) is 0.256. The van der Waals surface area contributed by atoms with Crippen LogP contribution >= 0.6 is 0 Å². The van der Waals surface area contributed by atoms with Crippen molar-refractivity contribution in [3.8, 4) is 23.1 Å². The first-order chi connectivity index (χ1) is 19.7. The third-order valence-corrected chi connectivity index (χ3v) is 7.71. The molecular weight excluding hydrogens is 522 g/mol. The predicted molar refractivity (Wildman–Crippen MR) is 152 cm³/mol. The molecule has 4 aromatic heterocycles. The van der Waals surface area contributed by atoms with Gasteiger partial charge in [-0.1, -0.05) is 6.07 Å². The van der Waals surface area contributed by atoms with Crippen LogP contribution in [0.1, 0.15) is 66.7 Å². The van der Waals surface area contributed by atoms with Crippen molar-refractivity contribution in [2.75, 3.05) is 19.5 Å². The Bertz CT molecular complexity index is 1670. The van der Waals surface area contributed by atoms with Crippen molar-refractivity contribution >= 4 is 11.6 Å². The Balaban J connectivity index is 1.28. The Morgan fingerprint density at radius 2 is 1.90 bits per heavy atom. The highest BCUT2D eigenvalue weighted by atomic mass is 16.5. The lowest BCUT2D eigenvalue weighted by atomic mass is 9.72. The summed E-state index contributed by atoms with van der Waals surface area (Å²) < 4.78 is 18.3. The van der Waals surface area contributed by atoms with E-state index in [1.165, 1.54) is 6.26 Å². The number of hydrogen-bond donors (Lipinski definition) is 2. The first-order valence-corrected chi connectivity index (χ1v) is 13.6. The third kappa shape index (κ3) is 5.08. The molecule has 11 heteroatoms.